The fraction of sp³-hybridized carbons (Fsp3) is 0.190. The number of anilines is 3. The summed E-state index contributed by atoms with van der Waals surface area (Å²) < 4.78 is 1.83. The molecule has 0 aliphatic carbocycles. The molecule has 0 unspecified atom stereocenters. The Morgan fingerprint density at radius 3 is 2.69 bits per heavy atom. The second-order valence-electron chi connectivity index (χ2n) is 6.69. The van der Waals surface area contributed by atoms with E-state index < -0.39 is 0 Å². The Labute approximate surface area is 174 Å². The summed E-state index contributed by atoms with van der Waals surface area (Å²) in [6.45, 7) is 0.536. The molecule has 2 N–H and O–H groups in total. The maximum absolute atomic E-state index is 12.7. The van der Waals surface area contributed by atoms with Gasteiger partial charge in [-0.1, -0.05) is 17.7 Å². The third kappa shape index (κ3) is 5.58. The Morgan fingerprint density at radius 1 is 1.14 bits per heavy atom. The first kappa shape index (κ1) is 20.4. The topological polar surface area (TPSA) is 79.3 Å². The highest BCUT2D eigenvalue weighted by Crippen LogP contribution is 2.28. The summed E-state index contributed by atoms with van der Waals surface area (Å²) in [7, 11) is 3.78. The molecule has 8 heteroatoms. The van der Waals surface area contributed by atoms with Crippen molar-refractivity contribution in [2.24, 2.45) is 0 Å². The maximum atomic E-state index is 12.7. The van der Waals surface area contributed by atoms with Crippen LogP contribution in [0.3, 0.4) is 0 Å². The van der Waals surface area contributed by atoms with Gasteiger partial charge in [-0.05, 0) is 36.4 Å². The molecule has 3 rings (SSSR count). The summed E-state index contributed by atoms with van der Waals surface area (Å²) in [6.07, 6.45) is 5.44. The fourth-order valence-electron chi connectivity index (χ4n) is 2.80. The van der Waals surface area contributed by atoms with Crippen LogP contribution in [0.1, 0.15) is 16.8 Å². The van der Waals surface area contributed by atoms with Gasteiger partial charge in [-0.3, -0.25) is 9.59 Å². The molecule has 0 aliphatic rings. The summed E-state index contributed by atoms with van der Waals surface area (Å²) in [5.74, 6) is -0.425. The van der Waals surface area contributed by atoms with E-state index in [2.05, 4.69) is 15.6 Å². The molecule has 7 nitrogen and oxygen atoms in total. The van der Waals surface area contributed by atoms with Crippen LogP contribution in [-0.4, -0.2) is 35.5 Å². The molecule has 3 aromatic rings. The smallest absolute Gasteiger partial charge is 0.255 e. The molecule has 1 heterocycles. The molecule has 0 saturated carbocycles. The van der Waals surface area contributed by atoms with Crippen LogP contribution in [0, 0.1) is 0 Å². The minimum Gasteiger partial charge on any atom is -0.376 e. The number of carbonyl (C=O) groups excluding carboxylic acids is 2. The standard InChI is InChI=1S/C21H22ClN5O2/c1-26(2)19-7-6-16(22)13-18(19)25-21(29)15-4-3-5-17(12-15)24-20(28)8-10-27-11-9-23-14-27/h3-7,9,11-14H,8,10H2,1-2H3,(H,24,28)(H,25,29). The molecule has 0 fully saturated rings. The summed E-state index contributed by atoms with van der Waals surface area (Å²) in [5, 5.41) is 6.24. The van der Waals surface area contributed by atoms with Crippen LogP contribution in [0.2, 0.25) is 5.02 Å². The zero-order valence-electron chi connectivity index (χ0n) is 16.2. The van der Waals surface area contributed by atoms with E-state index in [0.29, 0.717) is 34.9 Å². The molecule has 0 bridgehead atoms. The van der Waals surface area contributed by atoms with Crippen molar-refractivity contribution in [3.63, 3.8) is 0 Å². The van der Waals surface area contributed by atoms with E-state index >= 15 is 0 Å². The van der Waals surface area contributed by atoms with E-state index in [-0.39, 0.29) is 11.8 Å². The molecule has 0 atom stereocenters. The lowest BCUT2D eigenvalue weighted by molar-refractivity contribution is -0.116. The van der Waals surface area contributed by atoms with Gasteiger partial charge < -0.3 is 20.1 Å². The van der Waals surface area contributed by atoms with Gasteiger partial charge in [0.1, 0.15) is 0 Å². The van der Waals surface area contributed by atoms with E-state index in [9.17, 15) is 9.59 Å². The first-order chi connectivity index (χ1) is 13.9. The lowest BCUT2D eigenvalue weighted by Gasteiger charge is -2.18. The zero-order valence-corrected chi connectivity index (χ0v) is 17.0. The van der Waals surface area contributed by atoms with Crippen molar-refractivity contribution in [2.45, 2.75) is 13.0 Å². The van der Waals surface area contributed by atoms with Crippen LogP contribution in [0.5, 0.6) is 0 Å². The molecule has 1 aromatic heterocycles. The normalized spacial score (nSPS) is 10.4. The van der Waals surface area contributed by atoms with Gasteiger partial charge in [-0.15, -0.1) is 0 Å². The van der Waals surface area contributed by atoms with E-state index in [1.165, 1.54) is 0 Å². The number of rotatable bonds is 7. The number of hydrogen-bond acceptors (Lipinski definition) is 4. The predicted octanol–water partition coefficient (Wildman–Crippen LogP) is 3.88. The third-order valence-corrected chi connectivity index (χ3v) is 4.49. The number of hydrogen-bond donors (Lipinski definition) is 2. The molecule has 29 heavy (non-hydrogen) atoms. The summed E-state index contributed by atoms with van der Waals surface area (Å²) in [4.78, 5) is 30.7. The molecule has 0 aliphatic heterocycles. The summed E-state index contributed by atoms with van der Waals surface area (Å²) >= 11 is 6.08. The minimum absolute atomic E-state index is 0.138. The number of nitrogens with one attached hydrogen (secondary N) is 2. The van der Waals surface area contributed by atoms with E-state index in [4.69, 9.17) is 11.6 Å². The monoisotopic (exact) mass is 411 g/mol. The van der Waals surface area contributed by atoms with Gasteiger partial charge in [0.25, 0.3) is 5.91 Å². The van der Waals surface area contributed by atoms with Crippen molar-refractivity contribution in [2.75, 3.05) is 29.6 Å². The molecule has 2 amide bonds. The maximum Gasteiger partial charge on any atom is 0.255 e. The number of benzene rings is 2. The van der Waals surface area contributed by atoms with E-state index in [0.717, 1.165) is 5.69 Å². The van der Waals surface area contributed by atoms with Crippen LogP contribution in [-0.2, 0) is 11.3 Å². The van der Waals surface area contributed by atoms with Crippen molar-refractivity contribution in [1.29, 1.82) is 0 Å². The van der Waals surface area contributed by atoms with Crippen molar-refractivity contribution in [1.82, 2.24) is 9.55 Å². The van der Waals surface area contributed by atoms with Gasteiger partial charge in [0.05, 0.1) is 17.7 Å². The van der Waals surface area contributed by atoms with Gasteiger partial charge in [-0.25, -0.2) is 4.98 Å². The lowest BCUT2D eigenvalue weighted by atomic mass is 10.1. The van der Waals surface area contributed by atoms with Gasteiger partial charge in [0.15, 0.2) is 0 Å². The zero-order chi connectivity index (χ0) is 20.8. The second-order valence-corrected chi connectivity index (χ2v) is 7.13. The Bertz CT molecular complexity index is 1000. The highest BCUT2D eigenvalue weighted by atomic mass is 35.5. The lowest BCUT2D eigenvalue weighted by Crippen LogP contribution is -2.17. The first-order valence-corrected chi connectivity index (χ1v) is 9.44. The molecule has 0 spiro atoms. The van der Waals surface area contributed by atoms with Crippen LogP contribution < -0.4 is 15.5 Å². The average Bonchev–Trinajstić information content (AvgIpc) is 3.20. The predicted molar refractivity (Wildman–Crippen MR) is 116 cm³/mol. The molecule has 150 valence electrons. The number of aryl methyl sites for hydroxylation is 1. The van der Waals surface area contributed by atoms with Crippen LogP contribution in [0.15, 0.2) is 61.2 Å². The summed E-state index contributed by atoms with van der Waals surface area (Å²) in [6, 6.07) is 12.1. The largest absolute Gasteiger partial charge is 0.376 e. The van der Waals surface area contributed by atoms with Crippen LogP contribution in [0.25, 0.3) is 0 Å². The number of aromatic nitrogens is 2. The number of carbonyl (C=O) groups is 2. The van der Waals surface area contributed by atoms with Gasteiger partial charge >= 0.3 is 0 Å². The Balaban J connectivity index is 1.66. The van der Waals surface area contributed by atoms with Crippen LogP contribution >= 0.6 is 11.6 Å². The highest BCUT2D eigenvalue weighted by Gasteiger charge is 2.12. The molecule has 0 radical (unpaired) electrons. The fourth-order valence-corrected chi connectivity index (χ4v) is 2.98. The second kappa shape index (κ2) is 9.25. The third-order valence-electron chi connectivity index (χ3n) is 4.25. The summed E-state index contributed by atoms with van der Waals surface area (Å²) in [5.41, 5.74) is 2.45. The molecule has 0 saturated heterocycles. The van der Waals surface area contributed by atoms with Crippen molar-refractivity contribution < 1.29 is 9.59 Å². The quantitative estimate of drug-likeness (QED) is 0.618. The van der Waals surface area contributed by atoms with E-state index in [1.807, 2.05) is 29.6 Å². The number of nitrogens with zero attached hydrogens (tertiary/aromatic N) is 3. The average molecular weight is 412 g/mol. The SMILES string of the molecule is CN(C)c1ccc(Cl)cc1NC(=O)c1cccc(NC(=O)CCn2ccnc2)c1. The van der Waals surface area contributed by atoms with Crippen molar-refractivity contribution in [3.8, 4) is 0 Å². The van der Waals surface area contributed by atoms with Crippen molar-refractivity contribution >= 4 is 40.5 Å². The molecular formula is C21H22ClN5O2. The number of amides is 2. The van der Waals surface area contributed by atoms with Gasteiger partial charge in [0, 0.05) is 55.7 Å². The number of imidazole rings is 1. The Hall–Kier alpha value is -3.32. The van der Waals surface area contributed by atoms with Gasteiger partial charge in [-0.2, -0.15) is 0 Å². The Morgan fingerprint density at radius 2 is 1.97 bits per heavy atom. The molecular weight excluding hydrogens is 390 g/mol. The van der Waals surface area contributed by atoms with Crippen molar-refractivity contribution in [3.05, 3.63) is 71.8 Å². The minimum atomic E-state index is -0.287. The van der Waals surface area contributed by atoms with E-state index in [1.54, 1.807) is 55.1 Å². The number of halogens is 1. The highest BCUT2D eigenvalue weighted by molar-refractivity contribution is 6.31. The Kier molecular flexibility index (Phi) is 6.51. The molecule has 2 aromatic carbocycles. The van der Waals surface area contributed by atoms with Gasteiger partial charge in [0.2, 0.25) is 5.91 Å². The first-order valence-electron chi connectivity index (χ1n) is 9.06. The van der Waals surface area contributed by atoms with Crippen LogP contribution in [0.4, 0.5) is 17.1 Å².